The van der Waals surface area contributed by atoms with Gasteiger partial charge < -0.3 is 14.4 Å². The van der Waals surface area contributed by atoms with Gasteiger partial charge in [0.2, 0.25) is 11.8 Å². The van der Waals surface area contributed by atoms with Crippen molar-refractivity contribution in [2.24, 2.45) is 16.8 Å². The van der Waals surface area contributed by atoms with E-state index in [0.717, 1.165) is 10.5 Å². The van der Waals surface area contributed by atoms with Crippen molar-refractivity contribution in [2.45, 2.75) is 30.7 Å². The molecule has 0 saturated carbocycles. The standard InChI is InChI=1S/C22H25N3O6S/c1-5-22(20(29)31-4)16-15(17(26)24(2)18(16)27)14-10-23-21(25(14)22)32-11-12-6-8-13(9-7-12)19(28)30-3/h6-9,14-16H,5,10-11H2,1-4H3/t14-,15+,16-,22-/m1/s1. The molecule has 3 aliphatic rings. The van der Waals surface area contributed by atoms with Crippen molar-refractivity contribution in [3.05, 3.63) is 35.4 Å². The highest BCUT2D eigenvalue weighted by Gasteiger charge is 2.72. The number of methoxy groups -OCH3 is 2. The predicted molar refractivity (Wildman–Crippen MR) is 117 cm³/mol. The van der Waals surface area contributed by atoms with Gasteiger partial charge >= 0.3 is 11.9 Å². The van der Waals surface area contributed by atoms with Crippen molar-refractivity contribution < 1.29 is 28.7 Å². The number of hydrogen-bond donors (Lipinski definition) is 0. The van der Waals surface area contributed by atoms with E-state index < -0.39 is 29.3 Å². The Kier molecular flexibility index (Phi) is 5.74. The number of hydrogen-bond acceptors (Lipinski definition) is 9. The molecule has 4 rings (SSSR count). The first-order chi connectivity index (χ1) is 15.3. The van der Waals surface area contributed by atoms with Gasteiger partial charge in [-0.05, 0) is 24.1 Å². The molecule has 4 atom stereocenters. The fourth-order valence-electron chi connectivity index (χ4n) is 5.14. The van der Waals surface area contributed by atoms with Gasteiger partial charge in [-0.2, -0.15) is 0 Å². The lowest BCUT2D eigenvalue weighted by Gasteiger charge is -2.39. The zero-order chi connectivity index (χ0) is 23.2. The second-order valence-electron chi connectivity index (χ2n) is 8.05. The van der Waals surface area contributed by atoms with E-state index in [1.165, 1.54) is 33.0 Å². The Morgan fingerprint density at radius 2 is 1.84 bits per heavy atom. The molecule has 0 spiro atoms. The molecular formula is C22H25N3O6S. The number of aliphatic imine (C=N–C) groups is 1. The third-order valence-corrected chi connectivity index (χ3v) is 7.76. The van der Waals surface area contributed by atoms with Gasteiger partial charge in [0.1, 0.15) is 0 Å². The second-order valence-corrected chi connectivity index (χ2v) is 8.99. The van der Waals surface area contributed by atoms with Gasteiger partial charge in [0.25, 0.3) is 0 Å². The molecule has 3 aliphatic heterocycles. The van der Waals surface area contributed by atoms with Crippen LogP contribution in [0.2, 0.25) is 0 Å². The summed E-state index contributed by atoms with van der Waals surface area (Å²) in [7, 11) is 4.10. The lowest BCUT2D eigenvalue weighted by molar-refractivity contribution is -0.158. The molecule has 0 bridgehead atoms. The Bertz CT molecular complexity index is 1010. The van der Waals surface area contributed by atoms with E-state index in [9.17, 15) is 19.2 Å². The minimum atomic E-state index is -1.27. The zero-order valence-corrected chi connectivity index (χ0v) is 19.2. The first-order valence-electron chi connectivity index (χ1n) is 10.4. The third kappa shape index (κ3) is 3.03. The number of nitrogens with zero attached hydrogens (tertiary/aromatic N) is 3. The molecule has 32 heavy (non-hydrogen) atoms. The SMILES string of the molecule is CC[C@]1(C(=O)OC)[C@H]2C(=O)N(C)C(=O)[C@H]2[C@H]2CN=C(SCc3ccc(C(=O)OC)cc3)N21. The highest BCUT2D eigenvalue weighted by Crippen LogP contribution is 2.53. The summed E-state index contributed by atoms with van der Waals surface area (Å²) in [5, 5.41) is 0.622. The van der Waals surface area contributed by atoms with Crippen LogP contribution in [0.4, 0.5) is 0 Å². The van der Waals surface area contributed by atoms with Gasteiger partial charge in [-0.15, -0.1) is 0 Å². The van der Waals surface area contributed by atoms with Crippen LogP contribution in [-0.4, -0.2) is 78.1 Å². The number of thioether (sulfide) groups is 1. The van der Waals surface area contributed by atoms with E-state index in [1.54, 1.807) is 12.1 Å². The number of imide groups is 1. The summed E-state index contributed by atoms with van der Waals surface area (Å²) in [6, 6.07) is 6.70. The summed E-state index contributed by atoms with van der Waals surface area (Å²) in [6.45, 7) is 2.18. The smallest absolute Gasteiger partial charge is 0.337 e. The van der Waals surface area contributed by atoms with Crippen molar-refractivity contribution in [2.75, 3.05) is 27.8 Å². The second kappa shape index (κ2) is 8.23. The number of carbonyl (C=O) groups is 4. The molecule has 10 heteroatoms. The Labute approximate surface area is 190 Å². The Hall–Kier alpha value is -2.88. The Morgan fingerprint density at radius 3 is 2.44 bits per heavy atom. The van der Waals surface area contributed by atoms with Gasteiger partial charge in [-0.25, -0.2) is 9.59 Å². The minimum Gasteiger partial charge on any atom is -0.467 e. The number of ether oxygens (including phenoxy) is 2. The highest BCUT2D eigenvalue weighted by molar-refractivity contribution is 8.13. The van der Waals surface area contributed by atoms with Crippen LogP contribution in [-0.2, 0) is 29.6 Å². The fourth-order valence-corrected chi connectivity index (χ4v) is 6.23. The van der Waals surface area contributed by atoms with Crippen LogP contribution in [0.1, 0.15) is 29.3 Å². The van der Waals surface area contributed by atoms with Crippen LogP contribution in [0.25, 0.3) is 0 Å². The first kappa shape index (κ1) is 22.3. The van der Waals surface area contributed by atoms with Crippen LogP contribution in [0, 0.1) is 11.8 Å². The largest absolute Gasteiger partial charge is 0.467 e. The van der Waals surface area contributed by atoms with E-state index in [0.29, 0.717) is 29.4 Å². The molecule has 0 N–H and O–H groups in total. The molecule has 2 amide bonds. The maximum atomic E-state index is 13.1. The Morgan fingerprint density at radius 1 is 1.16 bits per heavy atom. The molecule has 1 aromatic carbocycles. The number of benzene rings is 1. The molecule has 0 unspecified atom stereocenters. The van der Waals surface area contributed by atoms with E-state index >= 15 is 0 Å². The molecular weight excluding hydrogens is 434 g/mol. The summed E-state index contributed by atoms with van der Waals surface area (Å²) < 4.78 is 9.87. The van der Waals surface area contributed by atoms with Gasteiger partial charge in [0, 0.05) is 12.8 Å². The average Bonchev–Trinajstić information content (AvgIpc) is 3.43. The molecule has 9 nitrogen and oxygen atoms in total. The molecule has 2 saturated heterocycles. The first-order valence-corrected chi connectivity index (χ1v) is 11.3. The zero-order valence-electron chi connectivity index (χ0n) is 18.4. The number of fused-ring (bicyclic) bond motifs is 3. The number of carbonyl (C=O) groups excluding carboxylic acids is 4. The summed E-state index contributed by atoms with van der Waals surface area (Å²) in [4.78, 5) is 58.3. The fraction of sp³-hybridized carbons (Fsp3) is 0.500. The van der Waals surface area contributed by atoms with Crippen LogP contribution in [0.5, 0.6) is 0 Å². The van der Waals surface area contributed by atoms with Crippen molar-refractivity contribution in [1.29, 1.82) is 0 Å². The van der Waals surface area contributed by atoms with Gasteiger partial charge in [-0.3, -0.25) is 19.5 Å². The average molecular weight is 460 g/mol. The lowest BCUT2D eigenvalue weighted by atomic mass is 9.78. The van der Waals surface area contributed by atoms with E-state index in [-0.39, 0.29) is 17.9 Å². The van der Waals surface area contributed by atoms with Crippen molar-refractivity contribution in [3.8, 4) is 0 Å². The van der Waals surface area contributed by atoms with Gasteiger partial charge in [0.05, 0.1) is 44.2 Å². The predicted octanol–water partition coefficient (Wildman–Crippen LogP) is 1.31. The van der Waals surface area contributed by atoms with Crippen LogP contribution >= 0.6 is 11.8 Å². The third-order valence-electron chi connectivity index (χ3n) is 6.70. The van der Waals surface area contributed by atoms with Crippen molar-refractivity contribution in [1.82, 2.24) is 9.80 Å². The normalized spacial score (nSPS) is 28.5. The topological polar surface area (TPSA) is 106 Å². The summed E-state index contributed by atoms with van der Waals surface area (Å²) in [5.41, 5.74) is 0.155. The van der Waals surface area contributed by atoms with Gasteiger partial charge in [0.15, 0.2) is 10.7 Å². The molecule has 2 fully saturated rings. The van der Waals surface area contributed by atoms with Gasteiger partial charge in [-0.1, -0.05) is 30.8 Å². The molecule has 0 aromatic heterocycles. The molecule has 3 heterocycles. The van der Waals surface area contributed by atoms with Crippen LogP contribution in [0.3, 0.4) is 0 Å². The maximum absolute atomic E-state index is 13.1. The van der Waals surface area contributed by atoms with Crippen molar-refractivity contribution in [3.63, 3.8) is 0 Å². The van der Waals surface area contributed by atoms with E-state index in [4.69, 9.17) is 9.47 Å². The summed E-state index contributed by atoms with van der Waals surface area (Å²) >= 11 is 1.44. The van der Waals surface area contributed by atoms with Crippen LogP contribution in [0.15, 0.2) is 29.3 Å². The minimum absolute atomic E-state index is 0.269. The number of amidine groups is 1. The number of likely N-dealkylation sites (tertiary alicyclic amines) is 1. The van der Waals surface area contributed by atoms with E-state index in [1.807, 2.05) is 24.0 Å². The molecule has 0 radical (unpaired) electrons. The Balaban J connectivity index is 1.61. The maximum Gasteiger partial charge on any atom is 0.337 e. The summed E-state index contributed by atoms with van der Waals surface area (Å²) in [5.74, 6) is -2.40. The highest BCUT2D eigenvalue weighted by atomic mass is 32.2. The molecule has 0 aliphatic carbocycles. The van der Waals surface area contributed by atoms with Crippen molar-refractivity contribution >= 4 is 40.7 Å². The van der Waals surface area contributed by atoms with Crippen LogP contribution < -0.4 is 0 Å². The summed E-state index contributed by atoms with van der Waals surface area (Å²) in [6.07, 6.45) is 0.317. The molecule has 1 aromatic rings. The number of amides is 2. The monoisotopic (exact) mass is 459 g/mol. The number of rotatable bonds is 5. The quantitative estimate of drug-likeness (QED) is 0.479. The molecule has 170 valence electrons. The number of esters is 2. The lowest BCUT2D eigenvalue weighted by Crippen LogP contribution is -2.59. The van der Waals surface area contributed by atoms with E-state index in [2.05, 4.69) is 4.99 Å².